The molecule has 4 nitrogen and oxygen atoms in total. The minimum atomic E-state index is 0.552. The zero-order valence-corrected chi connectivity index (χ0v) is 10.7. The maximum absolute atomic E-state index is 5.55. The lowest BCUT2D eigenvalue weighted by Gasteiger charge is -2.25. The minimum absolute atomic E-state index is 0.552. The van der Waals surface area contributed by atoms with E-state index in [2.05, 4.69) is 37.0 Å². The monoisotopic (exact) mass is 224 g/mol. The normalized spacial score (nSPS) is 11.6. The third kappa shape index (κ3) is 3.94. The van der Waals surface area contributed by atoms with Gasteiger partial charge < -0.3 is 5.73 Å². The van der Waals surface area contributed by atoms with Crippen LogP contribution < -0.4 is 5.73 Å². The summed E-state index contributed by atoms with van der Waals surface area (Å²) < 4.78 is 1.97. The highest BCUT2D eigenvalue weighted by Gasteiger charge is 2.10. The Kier molecular flexibility index (Phi) is 5.49. The summed E-state index contributed by atoms with van der Waals surface area (Å²) in [6.07, 6.45) is 5.14. The number of nitrogens with zero attached hydrogens (tertiary/aromatic N) is 3. The number of nitrogens with two attached hydrogens (primary N) is 1. The Labute approximate surface area is 98.4 Å². The van der Waals surface area contributed by atoms with Gasteiger partial charge in [-0.2, -0.15) is 5.10 Å². The first-order chi connectivity index (χ1) is 7.67. The number of hydrogen-bond donors (Lipinski definition) is 1. The highest BCUT2D eigenvalue weighted by Crippen LogP contribution is 2.08. The van der Waals surface area contributed by atoms with Gasteiger partial charge in [-0.25, -0.2) is 0 Å². The summed E-state index contributed by atoms with van der Waals surface area (Å²) in [4.78, 5) is 2.43. The molecule has 0 spiro atoms. The summed E-state index contributed by atoms with van der Waals surface area (Å²) in [5.74, 6) is 0. The number of aromatic nitrogens is 2. The van der Waals surface area contributed by atoms with Crippen LogP contribution in [0.3, 0.4) is 0 Å². The molecule has 0 atom stereocenters. The second kappa shape index (κ2) is 6.66. The lowest BCUT2D eigenvalue weighted by Crippen LogP contribution is -2.32. The Hall–Kier alpha value is -0.870. The number of hydrogen-bond acceptors (Lipinski definition) is 3. The third-order valence-electron chi connectivity index (χ3n) is 2.78. The summed E-state index contributed by atoms with van der Waals surface area (Å²) >= 11 is 0. The Morgan fingerprint density at radius 3 is 2.75 bits per heavy atom. The second-order valence-electron chi connectivity index (χ2n) is 4.41. The molecule has 2 N–H and O–H groups in total. The third-order valence-corrected chi connectivity index (χ3v) is 2.78. The van der Waals surface area contributed by atoms with Gasteiger partial charge in [-0.15, -0.1) is 0 Å². The number of aryl methyl sites for hydroxylation is 1. The van der Waals surface area contributed by atoms with Crippen molar-refractivity contribution in [1.29, 1.82) is 0 Å². The van der Waals surface area contributed by atoms with Crippen LogP contribution in [-0.2, 0) is 13.1 Å². The lowest BCUT2D eigenvalue weighted by atomic mass is 10.2. The van der Waals surface area contributed by atoms with Gasteiger partial charge in [-0.1, -0.05) is 0 Å². The molecule has 1 aromatic heterocycles. The van der Waals surface area contributed by atoms with E-state index in [1.807, 2.05) is 10.9 Å². The molecule has 16 heavy (non-hydrogen) atoms. The summed E-state index contributed by atoms with van der Waals surface area (Å²) in [5.41, 5.74) is 6.84. The zero-order chi connectivity index (χ0) is 12.0. The van der Waals surface area contributed by atoms with E-state index in [1.165, 1.54) is 5.56 Å². The van der Waals surface area contributed by atoms with Crippen LogP contribution in [0.25, 0.3) is 0 Å². The van der Waals surface area contributed by atoms with Gasteiger partial charge in [0, 0.05) is 30.9 Å². The average Bonchev–Trinajstić information content (AvgIpc) is 2.71. The summed E-state index contributed by atoms with van der Waals surface area (Å²) in [6, 6.07) is 0.552. The quantitative estimate of drug-likeness (QED) is 0.763. The van der Waals surface area contributed by atoms with E-state index < -0.39 is 0 Å². The van der Waals surface area contributed by atoms with Gasteiger partial charge in [-0.3, -0.25) is 9.58 Å². The van der Waals surface area contributed by atoms with E-state index in [0.29, 0.717) is 6.04 Å². The Balaban J connectivity index is 2.53. The molecule has 0 fully saturated rings. The molecule has 0 saturated carbocycles. The predicted octanol–water partition coefficient (Wildman–Crippen LogP) is 1.46. The van der Waals surface area contributed by atoms with Gasteiger partial charge in [0.1, 0.15) is 0 Å². The SMILES string of the molecule is CCn1cc(CN(CCCN)C(C)C)cn1. The summed E-state index contributed by atoms with van der Waals surface area (Å²) in [5, 5.41) is 4.29. The van der Waals surface area contributed by atoms with E-state index in [0.717, 1.165) is 32.6 Å². The van der Waals surface area contributed by atoms with E-state index in [-0.39, 0.29) is 0 Å². The molecule has 92 valence electrons. The largest absolute Gasteiger partial charge is 0.330 e. The van der Waals surface area contributed by atoms with Gasteiger partial charge in [0.05, 0.1) is 6.20 Å². The smallest absolute Gasteiger partial charge is 0.0534 e. The molecule has 1 rings (SSSR count). The van der Waals surface area contributed by atoms with Gasteiger partial charge in [0.2, 0.25) is 0 Å². The van der Waals surface area contributed by atoms with Crippen molar-refractivity contribution >= 4 is 0 Å². The standard InChI is InChI=1S/C12H24N4/c1-4-16-10-12(8-14-16)9-15(11(2)3)7-5-6-13/h8,10-11H,4-7,9,13H2,1-3H3. The molecule has 0 radical (unpaired) electrons. The fourth-order valence-corrected chi connectivity index (χ4v) is 1.71. The van der Waals surface area contributed by atoms with Crippen molar-refractivity contribution in [3.8, 4) is 0 Å². The molecule has 0 bridgehead atoms. The maximum Gasteiger partial charge on any atom is 0.0534 e. The predicted molar refractivity (Wildman–Crippen MR) is 67.1 cm³/mol. The average molecular weight is 224 g/mol. The van der Waals surface area contributed by atoms with Crippen molar-refractivity contribution in [2.45, 2.75) is 46.3 Å². The summed E-state index contributed by atoms with van der Waals surface area (Å²) in [6.45, 7) is 10.3. The highest BCUT2D eigenvalue weighted by atomic mass is 15.3. The summed E-state index contributed by atoms with van der Waals surface area (Å²) in [7, 11) is 0. The molecule has 4 heteroatoms. The molecule has 0 aliphatic heterocycles. The van der Waals surface area contributed by atoms with Gasteiger partial charge in [-0.05, 0) is 40.3 Å². The first-order valence-corrected chi connectivity index (χ1v) is 6.12. The molecule has 0 saturated heterocycles. The molecule has 0 unspecified atom stereocenters. The van der Waals surface area contributed by atoms with Crippen LogP contribution in [0.5, 0.6) is 0 Å². The van der Waals surface area contributed by atoms with Crippen LogP contribution in [0.2, 0.25) is 0 Å². The van der Waals surface area contributed by atoms with Gasteiger partial charge >= 0.3 is 0 Å². The molecule has 1 heterocycles. The van der Waals surface area contributed by atoms with Gasteiger partial charge in [0.25, 0.3) is 0 Å². The first kappa shape index (κ1) is 13.2. The first-order valence-electron chi connectivity index (χ1n) is 6.12. The topological polar surface area (TPSA) is 47.1 Å². The fraction of sp³-hybridized carbons (Fsp3) is 0.750. The van der Waals surface area contributed by atoms with Crippen molar-refractivity contribution < 1.29 is 0 Å². The van der Waals surface area contributed by atoms with E-state index in [9.17, 15) is 0 Å². The second-order valence-corrected chi connectivity index (χ2v) is 4.41. The van der Waals surface area contributed by atoms with Crippen molar-refractivity contribution in [2.75, 3.05) is 13.1 Å². The van der Waals surface area contributed by atoms with Crippen LogP contribution >= 0.6 is 0 Å². The van der Waals surface area contributed by atoms with E-state index in [4.69, 9.17) is 5.73 Å². The van der Waals surface area contributed by atoms with Crippen LogP contribution in [0.15, 0.2) is 12.4 Å². The van der Waals surface area contributed by atoms with Crippen molar-refractivity contribution in [3.63, 3.8) is 0 Å². The number of rotatable bonds is 7. The van der Waals surface area contributed by atoms with Crippen molar-refractivity contribution in [1.82, 2.24) is 14.7 Å². The maximum atomic E-state index is 5.55. The minimum Gasteiger partial charge on any atom is -0.330 e. The molecule has 0 amide bonds. The molecule has 1 aromatic rings. The van der Waals surface area contributed by atoms with E-state index >= 15 is 0 Å². The van der Waals surface area contributed by atoms with Crippen molar-refractivity contribution in [2.24, 2.45) is 5.73 Å². The Bertz CT molecular complexity index is 293. The van der Waals surface area contributed by atoms with Crippen LogP contribution in [0.1, 0.15) is 32.8 Å². The van der Waals surface area contributed by atoms with Crippen LogP contribution in [-0.4, -0.2) is 33.8 Å². The van der Waals surface area contributed by atoms with Crippen LogP contribution in [0, 0.1) is 0 Å². The van der Waals surface area contributed by atoms with Crippen LogP contribution in [0.4, 0.5) is 0 Å². The fourth-order valence-electron chi connectivity index (χ4n) is 1.71. The molecular formula is C12H24N4. The molecule has 0 aliphatic carbocycles. The van der Waals surface area contributed by atoms with Gasteiger partial charge in [0.15, 0.2) is 0 Å². The molecule has 0 aromatic carbocycles. The van der Waals surface area contributed by atoms with Crippen molar-refractivity contribution in [3.05, 3.63) is 18.0 Å². The molecule has 0 aliphatic rings. The van der Waals surface area contributed by atoms with E-state index in [1.54, 1.807) is 0 Å². The molecular weight excluding hydrogens is 200 g/mol. The zero-order valence-electron chi connectivity index (χ0n) is 10.7. The Morgan fingerprint density at radius 2 is 2.25 bits per heavy atom. The highest BCUT2D eigenvalue weighted by molar-refractivity contribution is 5.03. The Morgan fingerprint density at radius 1 is 1.50 bits per heavy atom. The lowest BCUT2D eigenvalue weighted by molar-refractivity contribution is 0.211.